The summed E-state index contributed by atoms with van der Waals surface area (Å²) in [5.41, 5.74) is 4.44. The molecule has 3 aromatic carbocycles. The molecule has 5 heteroatoms. The van der Waals surface area contributed by atoms with E-state index < -0.39 is 0 Å². The summed E-state index contributed by atoms with van der Waals surface area (Å²) < 4.78 is 8.23. The monoisotopic (exact) mass is 441 g/mol. The first-order valence-corrected chi connectivity index (χ1v) is 11.6. The van der Waals surface area contributed by atoms with E-state index >= 15 is 0 Å². The molecule has 0 aliphatic rings. The molecule has 1 heterocycles. The molecule has 5 nitrogen and oxygen atoms in total. The van der Waals surface area contributed by atoms with Crippen molar-refractivity contribution in [3.63, 3.8) is 0 Å². The van der Waals surface area contributed by atoms with Gasteiger partial charge in [-0.25, -0.2) is 4.98 Å². The normalized spacial score (nSPS) is 10.9. The van der Waals surface area contributed by atoms with Crippen LogP contribution >= 0.6 is 0 Å². The Balaban J connectivity index is 1.31. The summed E-state index contributed by atoms with van der Waals surface area (Å²) in [5, 5.41) is 3.05. The van der Waals surface area contributed by atoms with Gasteiger partial charge in [0.25, 0.3) is 0 Å². The van der Waals surface area contributed by atoms with Crippen LogP contribution in [0.2, 0.25) is 0 Å². The molecule has 1 N–H and O–H groups in total. The molecule has 0 bridgehead atoms. The van der Waals surface area contributed by atoms with E-state index in [1.807, 2.05) is 54.6 Å². The molecule has 0 atom stereocenters. The van der Waals surface area contributed by atoms with E-state index in [1.54, 1.807) is 0 Å². The second kappa shape index (κ2) is 11.3. The third-order valence-corrected chi connectivity index (χ3v) is 5.77. The van der Waals surface area contributed by atoms with Gasteiger partial charge in [0.05, 0.1) is 17.6 Å². The second-order valence-electron chi connectivity index (χ2n) is 8.22. The lowest BCUT2D eigenvalue weighted by Gasteiger charge is -2.12. The lowest BCUT2D eigenvalue weighted by atomic mass is 10.1. The van der Waals surface area contributed by atoms with Crippen LogP contribution in [0.25, 0.3) is 11.0 Å². The zero-order valence-electron chi connectivity index (χ0n) is 19.2. The quantitative estimate of drug-likeness (QED) is 0.329. The Labute approximate surface area is 195 Å². The van der Waals surface area contributed by atoms with Crippen LogP contribution in [0.1, 0.15) is 29.8 Å². The van der Waals surface area contributed by atoms with Crippen LogP contribution < -0.4 is 10.1 Å². The van der Waals surface area contributed by atoms with E-state index in [9.17, 15) is 4.79 Å². The van der Waals surface area contributed by atoms with E-state index in [-0.39, 0.29) is 5.91 Å². The Morgan fingerprint density at radius 3 is 2.55 bits per heavy atom. The predicted molar refractivity (Wildman–Crippen MR) is 133 cm³/mol. The van der Waals surface area contributed by atoms with Crippen LogP contribution in [-0.4, -0.2) is 28.6 Å². The summed E-state index contributed by atoms with van der Waals surface area (Å²) in [6, 6.07) is 26.4. The van der Waals surface area contributed by atoms with E-state index in [4.69, 9.17) is 9.72 Å². The number of hydrogen-bond acceptors (Lipinski definition) is 3. The lowest BCUT2D eigenvalue weighted by Crippen LogP contribution is -2.26. The van der Waals surface area contributed by atoms with Crippen molar-refractivity contribution in [2.45, 2.75) is 39.2 Å². The first-order chi connectivity index (χ1) is 16.2. The third-order valence-electron chi connectivity index (χ3n) is 5.77. The molecule has 4 aromatic rings. The molecule has 0 fully saturated rings. The minimum absolute atomic E-state index is 0.0770. The number of carbonyl (C=O) groups excluding carboxylic acids is 1. The van der Waals surface area contributed by atoms with E-state index in [0.29, 0.717) is 26.0 Å². The summed E-state index contributed by atoms with van der Waals surface area (Å²) in [6.45, 7) is 4.11. The Morgan fingerprint density at radius 2 is 1.70 bits per heavy atom. The first-order valence-electron chi connectivity index (χ1n) is 11.6. The van der Waals surface area contributed by atoms with Crippen LogP contribution in [0.4, 0.5) is 0 Å². The van der Waals surface area contributed by atoms with E-state index in [0.717, 1.165) is 47.6 Å². The van der Waals surface area contributed by atoms with Gasteiger partial charge in [-0.3, -0.25) is 4.79 Å². The summed E-state index contributed by atoms with van der Waals surface area (Å²) in [6.07, 6.45) is 2.83. The van der Waals surface area contributed by atoms with Gasteiger partial charge in [-0.1, -0.05) is 60.7 Å². The van der Waals surface area contributed by atoms with Crippen LogP contribution in [0.3, 0.4) is 0 Å². The molecule has 0 aliphatic heterocycles. The number of nitrogens with zero attached hydrogens (tertiary/aromatic N) is 2. The molecule has 0 saturated carbocycles. The zero-order valence-corrected chi connectivity index (χ0v) is 19.2. The van der Waals surface area contributed by atoms with Gasteiger partial charge in [-0.15, -0.1) is 0 Å². The highest BCUT2D eigenvalue weighted by molar-refractivity contribution is 5.77. The minimum atomic E-state index is 0.0770. The summed E-state index contributed by atoms with van der Waals surface area (Å²) in [4.78, 5) is 17.1. The van der Waals surface area contributed by atoms with Gasteiger partial charge in [-0.2, -0.15) is 0 Å². The Hall–Kier alpha value is -3.60. The van der Waals surface area contributed by atoms with Gasteiger partial charge in [0.1, 0.15) is 11.6 Å². The third kappa shape index (κ3) is 6.22. The SMILES string of the molecule is Cc1ccccc1OCCCn1c(CCNC(=O)CCc2ccccc2)nc2ccccc21. The topological polar surface area (TPSA) is 56.1 Å². The van der Waals surface area contributed by atoms with Gasteiger partial charge in [0, 0.05) is 25.9 Å². The minimum Gasteiger partial charge on any atom is -0.493 e. The summed E-state index contributed by atoms with van der Waals surface area (Å²) in [5.74, 6) is 2.01. The predicted octanol–water partition coefficient (Wildman–Crippen LogP) is 5.11. The molecule has 0 radical (unpaired) electrons. The van der Waals surface area contributed by atoms with E-state index in [2.05, 4.69) is 41.1 Å². The fourth-order valence-electron chi connectivity index (χ4n) is 3.99. The molecule has 0 spiro atoms. The average molecular weight is 442 g/mol. The van der Waals surface area contributed by atoms with E-state index in [1.165, 1.54) is 5.56 Å². The molecule has 1 amide bonds. The van der Waals surface area contributed by atoms with Crippen molar-refractivity contribution < 1.29 is 9.53 Å². The molecule has 33 heavy (non-hydrogen) atoms. The maximum atomic E-state index is 12.3. The zero-order chi connectivity index (χ0) is 22.9. The number of fused-ring (bicyclic) bond motifs is 1. The van der Waals surface area contributed by atoms with Gasteiger partial charge in [0.2, 0.25) is 5.91 Å². The number of para-hydroxylation sites is 3. The molecular weight excluding hydrogens is 410 g/mol. The first kappa shape index (κ1) is 22.6. The van der Waals surface area contributed by atoms with Crippen molar-refractivity contribution in [2.24, 2.45) is 0 Å². The average Bonchev–Trinajstić information content (AvgIpc) is 3.19. The molecule has 0 unspecified atom stereocenters. The molecule has 1 aromatic heterocycles. The number of carbonyl (C=O) groups is 1. The van der Waals surface area contributed by atoms with Gasteiger partial charge >= 0.3 is 0 Å². The van der Waals surface area contributed by atoms with Gasteiger partial charge in [0.15, 0.2) is 0 Å². The number of ether oxygens (including phenoxy) is 1. The Kier molecular flexibility index (Phi) is 7.75. The van der Waals surface area contributed by atoms with Crippen molar-refractivity contribution in [3.8, 4) is 5.75 Å². The lowest BCUT2D eigenvalue weighted by molar-refractivity contribution is -0.121. The number of benzene rings is 3. The van der Waals surface area contributed by atoms with Crippen molar-refractivity contribution in [2.75, 3.05) is 13.2 Å². The van der Waals surface area contributed by atoms with Crippen LogP contribution in [-0.2, 0) is 24.2 Å². The largest absolute Gasteiger partial charge is 0.493 e. The molecular formula is C28H31N3O2. The summed E-state index contributed by atoms with van der Waals surface area (Å²) >= 11 is 0. The fraction of sp³-hybridized carbons (Fsp3) is 0.286. The number of rotatable bonds is 11. The highest BCUT2D eigenvalue weighted by atomic mass is 16.5. The Bertz CT molecular complexity index is 1180. The number of aryl methyl sites for hydroxylation is 3. The smallest absolute Gasteiger partial charge is 0.220 e. The second-order valence-corrected chi connectivity index (χ2v) is 8.22. The van der Waals surface area contributed by atoms with Crippen molar-refractivity contribution >= 4 is 16.9 Å². The number of nitrogens with one attached hydrogen (secondary N) is 1. The fourth-order valence-corrected chi connectivity index (χ4v) is 3.99. The summed E-state index contributed by atoms with van der Waals surface area (Å²) in [7, 11) is 0. The van der Waals surface area contributed by atoms with Crippen LogP contribution in [0.5, 0.6) is 5.75 Å². The highest BCUT2D eigenvalue weighted by Gasteiger charge is 2.11. The number of amides is 1. The maximum Gasteiger partial charge on any atom is 0.220 e. The van der Waals surface area contributed by atoms with Crippen molar-refractivity contribution in [1.29, 1.82) is 0 Å². The van der Waals surface area contributed by atoms with Crippen LogP contribution in [0.15, 0.2) is 78.9 Å². The number of imidazole rings is 1. The maximum absolute atomic E-state index is 12.3. The molecule has 0 aliphatic carbocycles. The number of aromatic nitrogens is 2. The molecule has 0 saturated heterocycles. The highest BCUT2D eigenvalue weighted by Crippen LogP contribution is 2.19. The van der Waals surface area contributed by atoms with Crippen LogP contribution in [0, 0.1) is 6.92 Å². The standard InChI is InChI=1S/C28H31N3O2/c1-22-10-5-8-15-26(22)33-21-9-20-31-25-14-7-6-13-24(25)30-27(31)18-19-29-28(32)17-16-23-11-3-2-4-12-23/h2-8,10-15H,9,16-21H2,1H3,(H,29,32). The van der Waals surface area contributed by atoms with Gasteiger partial charge < -0.3 is 14.6 Å². The van der Waals surface area contributed by atoms with Gasteiger partial charge in [-0.05, 0) is 49.1 Å². The van der Waals surface area contributed by atoms with Crippen molar-refractivity contribution in [1.82, 2.24) is 14.9 Å². The molecule has 170 valence electrons. The number of hydrogen-bond donors (Lipinski definition) is 1. The Morgan fingerprint density at radius 1 is 0.939 bits per heavy atom. The molecule has 4 rings (SSSR count). The van der Waals surface area contributed by atoms with Crippen molar-refractivity contribution in [3.05, 3.63) is 95.8 Å².